The zero-order valence-electron chi connectivity index (χ0n) is 22.0. The fourth-order valence-corrected chi connectivity index (χ4v) is 5.12. The number of carboxylic acid groups (broad SMARTS) is 1. The molecule has 39 heavy (non-hydrogen) atoms. The Morgan fingerprint density at radius 2 is 1.51 bits per heavy atom. The Bertz CT molecular complexity index is 1820. The maximum Gasteiger partial charge on any atom is 0.356 e. The maximum absolute atomic E-state index is 13.0. The smallest absolute Gasteiger partial charge is 0.356 e. The topological polar surface area (TPSA) is 89.5 Å². The molecule has 0 saturated carbocycles. The van der Waals surface area contributed by atoms with Gasteiger partial charge in [-0.1, -0.05) is 54.6 Å². The van der Waals surface area contributed by atoms with Gasteiger partial charge in [-0.2, -0.15) is 0 Å². The number of nitrogens with zero attached hydrogens (tertiary/aromatic N) is 4. The van der Waals surface area contributed by atoms with Gasteiger partial charge in [0.05, 0.1) is 11.3 Å². The molecule has 0 bridgehead atoms. The van der Waals surface area contributed by atoms with Crippen molar-refractivity contribution in [1.29, 1.82) is 0 Å². The number of fused-ring (bicyclic) bond motifs is 2. The van der Waals surface area contributed by atoms with Gasteiger partial charge in [0.25, 0.3) is 0 Å². The normalized spacial score (nSPS) is 10.8. The van der Waals surface area contributed by atoms with E-state index in [1.807, 2.05) is 42.7 Å². The molecule has 7 heteroatoms. The summed E-state index contributed by atoms with van der Waals surface area (Å²) in [5.41, 5.74) is 6.87. The number of aromatic carboxylic acids is 1. The number of pyridine rings is 1. The molecule has 0 aliphatic rings. The van der Waals surface area contributed by atoms with Crippen LogP contribution in [0.2, 0.25) is 0 Å². The summed E-state index contributed by atoms with van der Waals surface area (Å²) < 4.78 is 4.27. The van der Waals surface area contributed by atoms with Gasteiger partial charge in [-0.25, -0.2) is 14.8 Å². The highest BCUT2D eigenvalue weighted by Gasteiger charge is 2.26. The molecule has 7 nitrogen and oxygen atoms in total. The molecule has 0 aliphatic carbocycles. The lowest BCUT2D eigenvalue weighted by atomic mass is 10.0. The quantitative estimate of drug-likeness (QED) is 0.261. The minimum absolute atomic E-state index is 0.137. The van der Waals surface area contributed by atoms with Crippen molar-refractivity contribution in [3.05, 3.63) is 126 Å². The molecule has 0 radical (unpaired) electrons. The van der Waals surface area contributed by atoms with Crippen molar-refractivity contribution >= 4 is 28.2 Å². The molecule has 0 fully saturated rings. The van der Waals surface area contributed by atoms with Gasteiger partial charge in [0.1, 0.15) is 5.69 Å². The molecule has 4 heterocycles. The first-order valence-electron chi connectivity index (χ1n) is 12.7. The monoisotopic (exact) mass is 516 g/mol. The molecule has 0 amide bonds. The SMILES string of the molecule is CCn1c(C)c(C(=O)c2nccnc2C(=O)O)c2ccccc21.Cc1cc2ccccn2c1-c1ccccc1. The second kappa shape index (κ2) is 10.8. The number of aryl methyl sites for hydroxylation is 2. The number of benzene rings is 2. The van der Waals surface area contributed by atoms with E-state index in [1.54, 1.807) is 0 Å². The van der Waals surface area contributed by atoms with Crippen LogP contribution in [-0.4, -0.2) is 35.8 Å². The molecule has 0 spiro atoms. The van der Waals surface area contributed by atoms with Crippen molar-refractivity contribution in [2.45, 2.75) is 27.3 Å². The second-order valence-corrected chi connectivity index (χ2v) is 9.15. The predicted molar refractivity (Wildman–Crippen MR) is 152 cm³/mol. The standard InChI is InChI=1S/C17H15N3O3.C15H13N/c1-3-20-10(2)13(11-6-4-5-7-12(11)20)16(21)14-15(17(22)23)19-9-8-18-14;1-12-11-14-9-5-6-10-16(14)15(12)13-7-3-2-4-8-13/h4-9H,3H2,1-2H3,(H,22,23);2-11H,1H3. The van der Waals surface area contributed by atoms with E-state index < -0.39 is 11.8 Å². The minimum Gasteiger partial charge on any atom is -0.476 e. The highest BCUT2D eigenvalue weighted by molar-refractivity contribution is 6.19. The summed E-state index contributed by atoms with van der Waals surface area (Å²) in [6, 6.07) is 26.6. The third-order valence-electron chi connectivity index (χ3n) is 6.81. The zero-order valence-corrected chi connectivity index (χ0v) is 22.0. The summed E-state index contributed by atoms with van der Waals surface area (Å²) in [5, 5.41) is 10.0. The van der Waals surface area contributed by atoms with E-state index in [9.17, 15) is 14.7 Å². The van der Waals surface area contributed by atoms with Crippen LogP contribution in [0.4, 0.5) is 0 Å². The van der Waals surface area contributed by atoms with Gasteiger partial charge in [-0.3, -0.25) is 4.79 Å². The van der Waals surface area contributed by atoms with Crippen molar-refractivity contribution in [2.75, 3.05) is 0 Å². The van der Waals surface area contributed by atoms with E-state index in [-0.39, 0.29) is 11.4 Å². The van der Waals surface area contributed by atoms with Crippen LogP contribution in [0, 0.1) is 13.8 Å². The Hall–Kier alpha value is -5.04. The fraction of sp³-hybridized carbons (Fsp3) is 0.125. The first-order chi connectivity index (χ1) is 18.9. The molecule has 0 unspecified atom stereocenters. The summed E-state index contributed by atoms with van der Waals surface area (Å²) in [6.45, 7) is 6.73. The van der Waals surface area contributed by atoms with E-state index in [0.717, 1.165) is 16.6 Å². The molecule has 6 rings (SSSR count). The summed E-state index contributed by atoms with van der Waals surface area (Å²) in [6.07, 6.45) is 4.71. The van der Waals surface area contributed by atoms with E-state index in [2.05, 4.69) is 82.1 Å². The van der Waals surface area contributed by atoms with Crippen LogP contribution in [-0.2, 0) is 6.54 Å². The Kier molecular flexibility index (Phi) is 7.06. The molecular weight excluding hydrogens is 488 g/mol. The average molecular weight is 517 g/mol. The van der Waals surface area contributed by atoms with Crippen molar-refractivity contribution in [2.24, 2.45) is 0 Å². The maximum atomic E-state index is 13.0. The van der Waals surface area contributed by atoms with Crippen LogP contribution in [0.3, 0.4) is 0 Å². The van der Waals surface area contributed by atoms with Crippen LogP contribution >= 0.6 is 0 Å². The van der Waals surface area contributed by atoms with Gasteiger partial charge >= 0.3 is 5.97 Å². The summed E-state index contributed by atoms with van der Waals surface area (Å²) in [5.74, 6) is -1.69. The third-order valence-corrected chi connectivity index (χ3v) is 6.81. The number of aromatic nitrogens is 4. The van der Waals surface area contributed by atoms with E-state index in [1.165, 1.54) is 34.7 Å². The Morgan fingerprint density at radius 1 is 0.846 bits per heavy atom. The number of para-hydroxylation sites is 1. The van der Waals surface area contributed by atoms with Gasteiger partial charge in [0.15, 0.2) is 5.69 Å². The van der Waals surface area contributed by atoms with Crippen LogP contribution in [0.1, 0.15) is 44.7 Å². The minimum atomic E-state index is -1.27. The van der Waals surface area contributed by atoms with Gasteiger partial charge in [-0.05, 0) is 56.2 Å². The van der Waals surface area contributed by atoms with E-state index in [4.69, 9.17) is 0 Å². The molecular formula is C32H28N4O3. The summed E-state index contributed by atoms with van der Waals surface area (Å²) in [4.78, 5) is 32.0. The lowest BCUT2D eigenvalue weighted by Crippen LogP contribution is -2.14. The van der Waals surface area contributed by atoms with Gasteiger partial charge in [0, 0.05) is 47.2 Å². The van der Waals surface area contributed by atoms with E-state index >= 15 is 0 Å². The zero-order chi connectivity index (χ0) is 27.5. The first-order valence-corrected chi connectivity index (χ1v) is 12.7. The van der Waals surface area contributed by atoms with Crippen molar-refractivity contribution < 1.29 is 14.7 Å². The molecule has 0 aliphatic heterocycles. The van der Waals surface area contributed by atoms with Gasteiger partial charge in [0.2, 0.25) is 5.78 Å². The highest BCUT2D eigenvalue weighted by atomic mass is 16.4. The number of carbonyl (C=O) groups excluding carboxylic acids is 1. The van der Waals surface area contributed by atoms with Crippen molar-refractivity contribution in [1.82, 2.24) is 18.9 Å². The van der Waals surface area contributed by atoms with Crippen molar-refractivity contribution in [3.8, 4) is 11.3 Å². The van der Waals surface area contributed by atoms with Gasteiger partial charge in [-0.15, -0.1) is 0 Å². The largest absolute Gasteiger partial charge is 0.476 e. The van der Waals surface area contributed by atoms with Gasteiger partial charge < -0.3 is 14.1 Å². The first kappa shape index (κ1) is 25.6. The van der Waals surface area contributed by atoms with E-state index in [0.29, 0.717) is 12.1 Å². The van der Waals surface area contributed by atoms with Crippen molar-refractivity contribution in [3.63, 3.8) is 0 Å². The number of hydrogen-bond acceptors (Lipinski definition) is 4. The van der Waals surface area contributed by atoms with Crippen LogP contribution < -0.4 is 0 Å². The summed E-state index contributed by atoms with van der Waals surface area (Å²) >= 11 is 0. The highest BCUT2D eigenvalue weighted by Crippen LogP contribution is 2.28. The Labute approximate surface area is 226 Å². The Morgan fingerprint density at radius 3 is 2.23 bits per heavy atom. The Balaban J connectivity index is 0.000000168. The predicted octanol–water partition coefficient (Wildman–Crippen LogP) is 6.60. The molecule has 194 valence electrons. The second-order valence-electron chi connectivity index (χ2n) is 9.15. The molecule has 6 aromatic rings. The molecule has 1 N–H and O–H groups in total. The molecule has 4 aromatic heterocycles. The molecule has 0 saturated heterocycles. The number of hydrogen-bond donors (Lipinski definition) is 1. The number of carboxylic acids is 1. The fourth-order valence-electron chi connectivity index (χ4n) is 5.12. The lowest BCUT2D eigenvalue weighted by molar-refractivity contribution is 0.0685. The average Bonchev–Trinajstić information content (AvgIpc) is 3.45. The van der Waals surface area contributed by atoms with Crippen LogP contribution in [0.15, 0.2) is 97.5 Å². The molecule has 0 atom stereocenters. The number of carbonyl (C=O) groups is 2. The van der Waals surface area contributed by atoms with Crippen LogP contribution in [0.5, 0.6) is 0 Å². The third kappa shape index (κ3) is 4.70. The lowest BCUT2D eigenvalue weighted by Gasteiger charge is -2.05. The van der Waals surface area contributed by atoms with Crippen LogP contribution in [0.25, 0.3) is 27.7 Å². The number of rotatable bonds is 5. The number of ketones is 1. The molecule has 2 aromatic carbocycles. The summed E-state index contributed by atoms with van der Waals surface area (Å²) in [7, 11) is 0.